The highest BCUT2D eigenvalue weighted by molar-refractivity contribution is 6.30. The Morgan fingerprint density at radius 2 is 2.03 bits per heavy atom. The number of pyridine rings is 1. The monoisotopic (exact) mass is 407 g/mol. The lowest BCUT2D eigenvalue weighted by Crippen LogP contribution is -2.11. The van der Waals surface area contributed by atoms with Crippen LogP contribution in [0, 0.1) is 0 Å². The van der Waals surface area contributed by atoms with Crippen LogP contribution in [0.3, 0.4) is 0 Å². The van der Waals surface area contributed by atoms with E-state index in [1.54, 1.807) is 12.4 Å². The number of aryl methyl sites for hydroxylation is 1. The van der Waals surface area contributed by atoms with Crippen molar-refractivity contribution in [1.29, 1.82) is 0 Å². The molecule has 29 heavy (non-hydrogen) atoms. The van der Waals surface area contributed by atoms with E-state index in [2.05, 4.69) is 14.5 Å². The van der Waals surface area contributed by atoms with Crippen LogP contribution in [0.25, 0.3) is 22.5 Å². The van der Waals surface area contributed by atoms with Crippen LogP contribution in [-0.4, -0.2) is 25.6 Å². The average Bonchev–Trinajstić information content (AvgIpc) is 3.42. The first-order valence-electron chi connectivity index (χ1n) is 9.48. The molecule has 1 atom stereocenters. The molecule has 0 spiro atoms. The van der Waals surface area contributed by atoms with Crippen LogP contribution in [0.4, 0.5) is 0 Å². The lowest BCUT2D eigenvalue weighted by atomic mass is 10.0. The first-order chi connectivity index (χ1) is 14.1. The summed E-state index contributed by atoms with van der Waals surface area (Å²) in [6.45, 7) is 0.596. The van der Waals surface area contributed by atoms with Crippen molar-refractivity contribution in [2.24, 2.45) is 0 Å². The van der Waals surface area contributed by atoms with Crippen LogP contribution >= 0.6 is 11.6 Å². The Balaban J connectivity index is 1.75. The third kappa shape index (κ3) is 3.09. The van der Waals surface area contributed by atoms with Crippen molar-refractivity contribution in [3.8, 4) is 11.6 Å². The molecule has 5 rings (SSSR count). The predicted octanol–water partition coefficient (Wildman–Crippen LogP) is 4.90. The van der Waals surface area contributed by atoms with Gasteiger partial charge in [0.1, 0.15) is 12.0 Å². The second-order valence-electron chi connectivity index (χ2n) is 7.30. The fraction of sp³-hybridized carbons (Fsp3) is 0.227. The lowest BCUT2D eigenvalue weighted by Gasteiger charge is -2.16. The number of nitrogens with zero attached hydrogens (tertiary/aromatic N) is 3. The van der Waals surface area contributed by atoms with Gasteiger partial charge in [0.25, 0.3) is 0 Å². The molecule has 0 fully saturated rings. The van der Waals surface area contributed by atoms with E-state index in [4.69, 9.17) is 16.0 Å². The molecule has 6 nitrogen and oxygen atoms in total. The molecule has 1 N–H and O–H groups in total. The Morgan fingerprint density at radius 3 is 2.76 bits per heavy atom. The van der Waals surface area contributed by atoms with Crippen LogP contribution in [0.15, 0.2) is 53.4 Å². The maximum absolute atomic E-state index is 11.5. The number of aliphatic carboxylic acids is 1. The van der Waals surface area contributed by atoms with Gasteiger partial charge < -0.3 is 14.1 Å². The van der Waals surface area contributed by atoms with Gasteiger partial charge in [-0.1, -0.05) is 23.7 Å². The molecule has 0 amide bonds. The highest BCUT2D eigenvalue weighted by Gasteiger charge is 2.33. The number of carbonyl (C=O) groups is 1. The molecule has 1 aromatic carbocycles. The van der Waals surface area contributed by atoms with Crippen LogP contribution in [0.5, 0.6) is 0 Å². The van der Waals surface area contributed by atoms with Crippen LogP contribution in [0.1, 0.15) is 35.6 Å². The average molecular weight is 408 g/mol. The quantitative estimate of drug-likeness (QED) is 0.509. The van der Waals surface area contributed by atoms with Gasteiger partial charge in [0.05, 0.1) is 18.1 Å². The summed E-state index contributed by atoms with van der Waals surface area (Å²) in [6, 6.07) is 9.71. The third-order valence-corrected chi connectivity index (χ3v) is 5.81. The van der Waals surface area contributed by atoms with Crippen molar-refractivity contribution < 1.29 is 14.3 Å². The summed E-state index contributed by atoms with van der Waals surface area (Å²) in [6.07, 6.45) is 6.70. The number of oxazole rings is 1. The van der Waals surface area contributed by atoms with Crippen molar-refractivity contribution in [3.05, 3.63) is 70.8 Å². The van der Waals surface area contributed by atoms with Gasteiger partial charge in [-0.3, -0.25) is 4.79 Å². The number of benzene rings is 1. The first kappa shape index (κ1) is 17.9. The van der Waals surface area contributed by atoms with Gasteiger partial charge in [-0.2, -0.15) is 0 Å². The minimum Gasteiger partial charge on any atom is -0.481 e. The SMILES string of the molecule is O=C(O)CC1CCc2c1n(Cc1ccc(Cl)cc1)c1c(-c3ncco3)nccc21. The molecule has 0 saturated heterocycles. The highest BCUT2D eigenvalue weighted by atomic mass is 35.5. The summed E-state index contributed by atoms with van der Waals surface area (Å²) < 4.78 is 7.74. The van der Waals surface area contributed by atoms with Gasteiger partial charge >= 0.3 is 5.97 Å². The van der Waals surface area contributed by atoms with Crippen molar-refractivity contribution in [2.45, 2.75) is 31.7 Å². The van der Waals surface area contributed by atoms with Crippen molar-refractivity contribution >= 4 is 28.5 Å². The molecule has 3 heterocycles. The second kappa shape index (κ2) is 7.04. The number of halogens is 1. The van der Waals surface area contributed by atoms with E-state index in [9.17, 15) is 9.90 Å². The van der Waals surface area contributed by atoms with E-state index in [1.807, 2.05) is 30.3 Å². The topological polar surface area (TPSA) is 81.1 Å². The maximum atomic E-state index is 11.5. The van der Waals surface area contributed by atoms with E-state index in [1.165, 1.54) is 11.8 Å². The molecule has 1 aliphatic rings. The van der Waals surface area contributed by atoms with E-state index >= 15 is 0 Å². The Bertz CT molecular complexity index is 1200. The molecule has 1 aliphatic carbocycles. The van der Waals surface area contributed by atoms with Crippen LogP contribution < -0.4 is 0 Å². The molecular formula is C22H18ClN3O3. The largest absolute Gasteiger partial charge is 0.481 e. The van der Waals surface area contributed by atoms with Gasteiger partial charge in [-0.25, -0.2) is 9.97 Å². The summed E-state index contributed by atoms with van der Waals surface area (Å²) in [5.41, 5.74) is 4.97. The molecule has 0 aliphatic heterocycles. The van der Waals surface area contributed by atoms with Gasteiger partial charge in [0.15, 0.2) is 0 Å². The standard InChI is InChI=1S/C22H18ClN3O3/c23-15-4-1-13(2-5-15)12-26-20-14(11-18(27)28)3-6-16(20)17-7-8-24-19(21(17)26)22-25-9-10-29-22/h1-2,4-5,7-10,14H,3,6,11-12H2,(H,27,28). The fourth-order valence-electron chi connectivity index (χ4n) is 4.42. The summed E-state index contributed by atoms with van der Waals surface area (Å²) in [5, 5.41) is 11.2. The molecule has 0 bridgehead atoms. The Labute approximate surface area is 171 Å². The zero-order valence-corrected chi connectivity index (χ0v) is 16.3. The Kier molecular flexibility index (Phi) is 4.36. The number of hydrogen-bond donors (Lipinski definition) is 1. The Morgan fingerprint density at radius 1 is 1.21 bits per heavy atom. The summed E-state index contributed by atoms with van der Waals surface area (Å²) in [5.74, 6) is -0.351. The third-order valence-electron chi connectivity index (χ3n) is 5.56. The van der Waals surface area contributed by atoms with E-state index < -0.39 is 5.97 Å². The van der Waals surface area contributed by atoms with Gasteiger partial charge in [-0.15, -0.1) is 0 Å². The van der Waals surface area contributed by atoms with Crippen molar-refractivity contribution in [2.75, 3.05) is 0 Å². The second-order valence-corrected chi connectivity index (χ2v) is 7.74. The van der Waals surface area contributed by atoms with E-state index in [0.29, 0.717) is 23.2 Å². The summed E-state index contributed by atoms with van der Waals surface area (Å²) >= 11 is 6.05. The predicted molar refractivity (Wildman–Crippen MR) is 109 cm³/mol. The summed E-state index contributed by atoms with van der Waals surface area (Å²) in [4.78, 5) is 20.3. The number of hydrogen-bond acceptors (Lipinski definition) is 4. The zero-order chi connectivity index (χ0) is 20.0. The first-order valence-corrected chi connectivity index (χ1v) is 9.85. The smallest absolute Gasteiger partial charge is 0.304 e. The van der Waals surface area contributed by atoms with Crippen LogP contribution in [0.2, 0.25) is 5.02 Å². The van der Waals surface area contributed by atoms with Gasteiger partial charge in [0, 0.05) is 34.8 Å². The van der Waals surface area contributed by atoms with Crippen molar-refractivity contribution in [3.63, 3.8) is 0 Å². The summed E-state index contributed by atoms with van der Waals surface area (Å²) in [7, 11) is 0. The highest BCUT2D eigenvalue weighted by Crippen LogP contribution is 2.44. The molecule has 1 unspecified atom stereocenters. The van der Waals surface area contributed by atoms with Gasteiger partial charge in [-0.05, 0) is 42.2 Å². The molecule has 3 aromatic heterocycles. The number of rotatable bonds is 5. The molecule has 0 radical (unpaired) electrons. The fourth-order valence-corrected chi connectivity index (χ4v) is 4.55. The number of aromatic nitrogens is 3. The zero-order valence-electron chi connectivity index (χ0n) is 15.5. The lowest BCUT2D eigenvalue weighted by molar-refractivity contribution is -0.137. The maximum Gasteiger partial charge on any atom is 0.304 e. The molecule has 0 saturated carbocycles. The minimum atomic E-state index is -0.780. The molecular weight excluding hydrogens is 390 g/mol. The number of fused-ring (bicyclic) bond motifs is 3. The normalized spacial score (nSPS) is 15.7. The molecule has 146 valence electrons. The van der Waals surface area contributed by atoms with Crippen molar-refractivity contribution in [1.82, 2.24) is 14.5 Å². The molecule has 7 heteroatoms. The minimum absolute atomic E-state index is 0.0281. The molecule has 4 aromatic rings. The van der Waals surface area contributed by atoms with Gasteiger partial charge in [0.2, 0.25) is 5.89 Å². The number of carboxylic acids is 1. The van der Waals surface area contributed by atoms with Crippen LogP contribution in [-0.2, 0) is 17.8 Å². The van der Waals surface area contributed by atoms with E-state index in [-0.39, 0.29) is 12.3 Å². The Hall–Kier alpha value is -3.12. The van der Waals surface area contributed by atoms with E-state index in [0.717, 1.165) is 35.0 Å². The number of carboxylic acid groups (broad SMARTS) is 1.